The second kappa shape index (κ2) is 6.90. The maximum Gasteiger partial charge on any atom is 0.341 e. The molecule has 5 nitrogen and oxygen atoms in total. The Morgan fingerprint density at radius 2 is 2.16 bits per heavy atom. The van der Waals surface area contributed by atoms with Gasteiger partial charge in [0.1, 0.15) is 5.00 Å². The van der Waals surface area contributed by atoms with Gasteiger partial charge in [0.05, 0.1) is 19.2 Å². The van der Waals surface area contributed by atoms with Crippen LogP contribution in [0.2, 0.25) is 0 Å². The lowest BCUT2D eigenvalue weighted by molar-refractivity contribution is -0.117. The minimum atomic E-state index is -0.351. The van der Waals surface area contributed by atoms with E-state index in [1.54, 1.807) is 11.3 Å². The monoisotopic (exact) mass is 376 g/mol. The summed E-state index contributed by atoms with van der Waals surface area (Å²) in [5.41, 5.74) is 2.95. The number of anilines is 1. The molecule has 2 aliphatic rings. The largest absolute Gasteiger partial charge is 0.465 e. The van der Waals surface area contributed by atoms with Crippen molar-refractivity contribution in [3.05, 3.63) is 37.9 Å². The lowest BCUT2D eigenvalue weighted by Gasteiger charge is -2.26. The highest BCUT2D eigenvalue weighted by Crippen LogP contribution is 2.39. The van der Waals surface area contributed by atoms with E-state index in [0.717, 1.165) is 44.3 Å². The third-order valence-electron chi connectivity index (χ3n) is 4.82. The number of esters is 1. The van der Waals surface area contributed by atoms with Crippen molar-refractivity contribution in [3.63, 3.8) is 0 Å². The van der Waals surface area contributed by atoms with E-state index in [9.17, 15) is 9.59 Å². The SMILES string of the molecule is COC(=O)c1c(NC(=O)CN2CCc3sccc3C2)sc2c1CCC2. The molecule has 4 rings (SSSR count). The normalized spacial score (nSPS) is 16.4. The van der Waals surface area contributed by atoms with Crippen molar-refractivity contribution >= 4 is 39.6 Å². The number of rotatable bonds is 4. The van der Waals surface area contributed by atoms with Crippen LogP contribution in [-0.4, -0.2) is 37.0 Å². The third kappa shape index (κ3) is 3.23. The van der Waals surface area contributed by atoms with Gasteiger partial charge < -0.3 is 10.1 Å². The van der Waals surface area contributed by atoms with Gasteiger partial charge in [-0.3, -0.25) is 9.69 Å². The third-order valence-corrected chi connectivity index (χ3v) is 7.05. The number of carbonyl (C=O) groups excluding carboxylic acids is 2. The highest BCUT2D eigenvalue weighted by molar-refractivity contribution is 7.17. The fourth-order valence-corrected chi connectivity index (χ4v) is 5.80. The molecular weight excluding hydrogens is 356 g/mol. The summed E-state index contributed by atoms with van der Waals surface area (Å²) >= 11 is 3.32. The summed E-state index contributed by atoms with van der Waals surface area (Å²) in [6, 6.07) is 2.14. The standard InChI is InChI=1S/C18H20N2O3S2/c1-23-18(22)16-12-3-2-4-14(12)25-17(16)19-15(21)10-20-7-5-13-11(9-20)6-8-24-13/h6,8H,2-5,7,9-10H2,1H3,(H,19,21). The van der Waals surface area contributed by atoms with Crippen LogP contribution in [0.25, 0.3) is 0 Å². The molecule has 132 valence electrons. The van der Waals surface area contributed by atoms with Gasteiger partial charge in [-0.25, -0.2) is 4.79 Å². The molecule has 1 aliphatic carbocycles. The van der Waals surface area contributed by atoms with Crippen LogP contribution in [0.5, 0.6) is 0 Å². The molecule has 3 heterocycles. The second-order valence-corrected chi connectivity index (χ2v) is 8.54. The topological polar surface area (TPSA) is 58.6 Å². The number of hydrogen-bond donors (Lipinski definition) is 1. The second-order valence-electron chi connectivity index (χ2n) is 6.43. The molecule has 1 aliphatic heterocycles. The number of ether oxygens (including phenoxy) is 1. The van der Waals surface area contributed by atoms with Crippen LogP contribution >= 0.6 is 22.7 Å². The van der Waals surface area contributed by atoms with Crippen molar-refractivity contribution in [3.8, 4) is 0 Å². The number of hydrogen-bond acceptors (Lipinski definition) is 6. The number of nitrogens with one attached hydrogen (secondary N) is 1. The summed E-state index contributed by atoms with van der Waals surface area (Å²) in [5, 5.41) is 5.72. The summed E-state index contributed by atoms with van der Waals surface area (Å²) in [4.78, 5) is 29.5. The molecule has 0 radical (unpaired) electrons. The maximum absolute atomic E-state index is 12.5. The minimum Gasteiger partial charge on any atom is -0.465 e. The van der Waals surface area contributed by atoms with Crippen molar-refractivity contribution in [1.82, 2.24) is 4.90 Å². The Kier molecular flexibility index (Phi) is 4.62. The van der Waals surface area contributed by atoms with Gasteiger partial charge in [0.2, 0.25) is 5.91 Å². The number of carbonyl (C=O) groups is 2. The molecule has 0 saturated heterocycles. The lowest BCUT2D eigenvalue weighted by Crippen LogP contribution is -2.36. The van der Waals surface area contributed by atoms with Gasteiger partial charge in [0, 0.05) is 22.8 Å². The molecule has 2 aromatic heterocycles. The van der Waals surface area contributed by atoms with Gasteiger partial charge >= 0.3 is 5.97 Å². The lowest BCUT2D eigenvalue weighted by atomic mass is 10.1. The first-order valence-corrected chi connectivity index (χ1v) is 10.2. The van der Waals surface area contributed by atoms with E-state index in [0.29, 0.717) is 17.1 Å². The van der Waals surface area contributed by atoms with Crippen LogP contribution in [0.15, 0.2) is 11.4 Å². The van der Waals surface area contributed by atoms with E-state index in [-0.39, 0.29) is 11.9 Å². The molecule has 7 heteroatoms. The Hall–Kier alpha value is -1.70. The Morgan fingerprint density at radius 1 is 1.28 bits per heavy atom. The first kappa shape index (κ1) is 16.8. The van der Waals surface area contributed by atoms with Gasteiger partial charge in [-0.2, -0.15) is 0 Å². The first-order valence-electron chi connectivity index (χ1n) is 8.46. The molecule has 0 atom stereocenters. The minimum absolute atomic E-state index is 0.0660. The number of nitrogens with zero attached hydrogens (tertiary/aromatic N) is 1. The summed E-state index contributed by atoms with van der Waals surface area (Å²) in [6.07, 6.45) is 3.93. The zero-order valence-electron chi connectivity index (χ0n) is 14.1. The Morgan fingerprint density at radius 3 is 3.00 bits per heavy atom. The van der Waals surface area contributed by atoms with Crippen LogP contribution < -0.4 is 5.32 Å². The highest BCUT2D eigenvalue weighted by Gasteiger charge is 2.28. The van der Waals surface area contributed by atoms with Crippen molar-refractivity contribution in [2.75, 3.05) is 25.5 Å². The molecule has 0 spiro atoms. The molecule has 1 amide bonds. The Balaban J connectivity index is 1.46. The first-order chi connectivity index (χ1) is 12.2. The predicted molar refractivity (Wildman–Crippen MR) is 99.6 cm³/mol. The van der Waals surface area contributed by atoms with Crippen molar-refractivity contribution in [2.24, 2.45) is 0 Å². The zero-order chi connectivity index (χ0) is 17.4. The van der Waals surface area contributed by atoms with Gasteiger partial charge in [-0.05, 0) is 48.3 Å². The van der Waals surface area contributed by atoms with E-state index < -0.39 is 0 Å². The number of aryl methyl sites for hydroxylation is 1. The molecule has 25 heavy (non-hydrogen) atoms. The van der Waals surface area contributed by atoms with Crippen LogP contribution in [0.4, 0.5) is 5.00 Å². The molecule has 0 unspecified atom stereocenters. The average molecular weight is 377 g/mol. The van der Waals surface area contributed by atoms with Gasteiger partial charge in [0.25, 0.3) is 0 Å². The van der Waals surface area contributed by atoms with Crippen LogP contribution in [0.1, 0.15) is 37.7 Å². The molecule has 0 fully saturated rings. The molecule has 1 N–H and O–H groups in total. The fourth-order valence-electron chi connectivity index (χ4n) is 3.62. The summed E-state index contributed by atoms with van der Waals surface area (Å²) in [6.45, 7) is 2.06. The van der Waals surface area contributed by atoms with E-state index in [2.05, 4.69) is 21.7 Å². The van der Waals surface area contributed by atoms with Crippen LogP contribution in [-0.2, 0) is 35.3 Å². The van der Waals surface area contributed by atoms with Crippen LogP contribution in [0.3, 0.4) is 0 Å². The van der Waals surface area contributed by atoms with Crippen LogP contribution in [0, 0.1) is 0 Å². The van der Waals surface area contributed by atoms with E-state index in [1.807, 2.05) is 0 Å². The smallest absolute Gasteiger partial charge is 0.341 e. The maximum atomic E-state index is 12.5. The summed E-state index contributed by atoms with van der Waals surface area (Å²) in [7, 11) is 1.39. The Labute approximate surface area is 154 Å². The quantitative estimate of drug-likeness (QED) is 0.833. The highest BCUT2D eigenvalue weighted by atomic mass is 32.1. The summed E-state index contributed by atoms with van der Waals surface area (Å²) < 4.78 is 4.93. The molecule has 2 aromatic rings. The molecule has 0 bridgehead atoms. The number of methoxy groups -OCH3 is 1. The fraction of sp³-hybridized carbons (Fsp3) is 0.444. The van der Waals surface area contributed by atoms with Crippen molar-refractivity contribution in [2.45, 2.75) is 32.2 Å². The zero-order valence-corrected chi connectivity index (χ0v) is 15.7. The summed E-state index contributed by atoms with van der Waals surface area (Å²) in [5.74, 6) is -0.417. The number of fused-ring (bicyclic) bond motifs is 2. The van der Waals surface area contributed by atoms with Gasteiger partial charge in [-0.1, -0.05) is 0 Å². The molecule has 0 aromatic carbocycles. The van der Waals surface area contributed by atoms with E-state index >= 15 is 0 Å². The molecular formula is C18H20N2O3S2. The molecule has 0 saturated carbocycles. The van der Waals surface area contributed by atoms with E-state index in [4.69, 9.17) is 4.74 Å². The number of amides is 1. The Bertz CT molecular complexity index is 824. The predicted octanol–water partition coefficient (Wildman–Crippen LogP) is 3.08. The average Bonchev–Trinajstić information content (AvgIpc) is 3.29. The van der Waals surface area contributed by atoms with Gasteiger partial charge in [-0.15, -0.1) is 22.7 Å². The van der Waals surface area contributed by atoms with E-state index in [1.165, 1.54) is 33.8 Å². The van der Waals surface area contributed by atoms with Crippen molar-refractivity contribution < 1.29 is 14.3 Å². The van der Waals surface area contributed by atoms with Gasteiger partial charge in [0.15, 0.2) is 0 Å². The number of thiophene rings is 2. The van der Waals surface area contributed by atoms with Crippen molar-refractivity contribution in [1.29, 1.82) is 0 Å².